The smallest absolute Gasteiger partial charge is 0.251 e. The Balaban J connectivity index is 1.50. The quantitative estimate of drug-likeness (QED) is 0.848. The predicted molar refractivity (Wildman–Crippen MR) is 100 cm³/mol. The first-order valence-corrected chi connectivity index (χ1v) is 8.65. The first-order chi connectivity index (χ1) is 12.5. The molecule has 3 amide bonds. The summed E-state index contributed by atoms with van der Waals surface area (Å²) in [6, 6.07) is 13.5. The molecule has 0 spiro atoms. The molecule has 1 aliphatic heterocycles. The van der Waals surface area contributed by atoms with Gasteiger partial charge >= 0.3 is 0 Å². The number of carbonyl (C=O) groups is 3. The molecule has 0 bridgehead atoms. The van der Waals surface area contributed by atoms with Gasteiger partial charge in [-0.2, -0.15) is 0 Å². The van der Waals surface area contributed by atoms with Crippen LogP contribution in [0.1, 0.15) is 23.2 Å². The average molecular weight is 372 g/mol. The molecule has 7 heteroatoms. The number of hydrogen-bond acceptors (Lipinski definition) is 3. The van der Waals surface area contributed by atoms with E-state index in [2.05, 4.69) is 10.6 Å². The van der Waals surface area contributed by atoms with E-state index in [4.69, 9.17) is 11.6 Å². The molecule has 1 saturated heterocycles. The number of benzene rings is 2. The highest BCUT2D eigenvalue weighted by Crippen LogP contribution is 2.22. The summed E-state index contributed by atoms with van der Waals surface area (Å²) in [5, 5.41) is 5.80. The Bertz CT molecular complexity index is 819. The highest BCUT2D eigenvalue weighted by Gasteiger charge is 2.21. The molecule has 26 heavy (non-hydrogen) atoms. The minimum absolute atomic E-state index is 0.117. The van der Waals surface area contributed by atoms with Gasteiger partial charge in [0.25, 0.3) is 5.91 Å². The molecule has 3 rings (SSSR count). The van der Waals surface area contributed by atoms with E-state index in [9.17, 15) is 14.4 Å². The van der Waals surface area contributed by atoms with E-state index in [1.165, 1.54) is 0 Å². The summed E-state index contributed by atoms with van der Waals surface area (Å²) in [5.41, 5.74) is 1.86. The van der Waals surface area contributed by atoms with Gasteiger partial charge in [0.2, 0.25) is 11.8 Å². The lowest BCUT2D eigenvalue weighted by molar-refractivity contribution is -0.117. The third-order valence-electron chi connectivity index (χ3n) is 4.05. The van der Waals surface area contributed by atoms with Gasteiger partial charge in [0.15, 0.2) is 0 Å². The number of rotatable bonds is 5. The molecular formula is C19H18ClN3O3. The molecule has 0 unspecified atom stereocenters. The van der Waals surface area contributed by atoms with Gasteiger partial charge in [0, 0.05) is 34.9 Å². The maximum atomic E-state index is 12.0. The van der Waals surface area contributed by atoms with Gasteiger partial charge in [0.05, 0.1) is 6.54 Å². The number of nitrogens with one attached hydrogen (secondary N) is 2. The molecule has 1 fully saturated rings. The summed E-state index contributed by atoms with van der Waals surface area (Å²) in [6.45, 7) is 0.578. The Hall–Kier alpha value is -2.86. The normalized spacial score (nSPS) is 13.6. The van der Waals surface area contributed by atoms with Crippen molar-refractivity contribution in [2.45, 2.75) is 12.8 Å². The monoisotopic (exact) mass is 371 g/mol. The second kappa shape index (κ2) is 8.01. The van der Waals surface area contributed by atoms with Crippen molar-refractivity contribution in [3.05, 3.63) is 59.1 Å². The van der Waals surface area contributed by atoms with Crippen LogP contribution < -0.4 is 15.5 Å². The van der Waals surface area contributed by atoms with E-state index in [1.807, 2.05) is 0 Å². The number of amides is 3. The summed E-state index contributed by atoms with van der Waals surface area (Å²) >= 11 is 5.78. The molecule has 0 radical (unpaired) electrons. The largest absolute Gasteiger partial charge is 0.343 e. The minimum atomic E-state index is -0.347. The SMILES string of the molecule is O=C(CNC(=O)c1ccc(Cl)cc1)Nc1ccc(N2CCCC2=O)cc1. The van der Waals surface area contributed by atoms with Crippen molar-refractivity contribution in [3.63, 3.8) is 0 Å². The van der Waals surface area contributed by atoms with Gasteiger partial charge in [-0.25, -0.2) is 0 Å². The molecule has 1 heterocycles. The fraction of sp³-hybridized carbons (Fsp3) is 0.211. The molecule has 0 aliphatic carbocycles. The molecule has 0 atom stereocenters. The number of halogens is 1. The second-order valence-electron chi connectivity index (χ2n) is 5.93. The lowest BCUT2D eigenvalue weighted by Crippen LogP contribution is -2.32. The molecule has 2 aromatic carbocycles. The summed E-state index contributed by atoms with van der Waals surface area (Å²) in [7, 11) is 0. The summed E-state index contributed by atoms with van der Waals surface area (Å²) in [4.78, 5) is 37.4. The Morgan fingerprint density at radius 1 is 1.04 bits per heavy atom. The highest BCUT2D eigenvalue weighted by molar-refractivity contribution is 6.30. The first-order valence-electron chi connectivity index (χ1n) is 8.27. The zero-order chi connectivity index (χ0) is 18.5. The lowest BCUT2D eigenvalue weighted by Gasteiger charge is -2.16. The van der Waals surface area contributed by atoms with Crippen LogP contribution in [-0.2, 0) is 9.59 Å². The lowest BCUT2D eigenvalue weighted by atomic mass is 10.2. The van der Waals surface area contributed by atoms with Crippen molar-refractivity contribution in [1.29, 1.82) is 0 Å². The summed E-state index contributed by atoms with van der Waals surface area (Å²) < 4.78 is 0. The van der Waals surface area contributed by atoms with Crippen molar-refractivity contribution in [2.75, 3.05) is 23.3 Å². The van der Waals surface area contributed by atoms with Crippen LogP contribution in [0.5, 0.6) is 0 Å². The molecule has 1 aliphatic rings. The third kappa shape index (κ3) is 4.40. The van der Waals surface area contributed by atoms with E-state index in [1.54, 1.807) is 53.4 Å². The van der Waals surface area contributed by atoms with Gasteiger partial charge < -0.3 is 15.5 Å². The van der Waals surface area contributed by atoms with E-state index >= 15 is 0 Å². The van der Waals surface area contributed by atoms with Crippen molar-refractivity contribution in [1.82, 2.24) is 5.32 Å². The van der Waals surface area contributed by atoms with Crippen molar-refractivity contribution >= 4 is 40.7 Å². The van der Waals surface area contributed by atoms with Gasteiger partial charge in [-0.3, -0.25) is 14.4 Å². The molecule has 2 aromatic rings. The first kappa shape index (κ1) is 17.9. The third-order valence-corrected chi connectivity index (χ3v) is 4.30. The molecule has 0 aromatic heterocycles. The van der Waals surface area contributed by atoms with Crippen molar-refractivity contribution in [2.24, 2.45) is 0 Å². The highest BCUT2D eigenvalue weighted by atomic mass is 35.5. The molecule has 2 N–H and O–H groups in total. The zero-order valence-electron chi connectivity index (χ0n) is 14.0. The number of nitrogens with zero attached hydrogens (tertiary/aromatic N) is 1. The molecule has 134 valence electrons. The van der Waals surface area contributed by atoms with Crippen LogP contribution >= 0.6 is 11.6 Å². The summed E-state index contributed by atoms with van der Waals surface area (Å²) in [6.07, 6.45) is 1.44. The maximum absolute atomic E-state index is 12.0. The van der Waals surface area contributed by atoms with Gasteiger partial charge in [-0.1, -0.05) is 11.6 Å². The van der Waals surface area contributed by atoms with Gasteiger partial charge in [-0.05, 0) is 55.0 Å². The number of carbonyl (C=O) groups excluding carboxylic acids is 3. The van der Waals surface area contributed by atoms with Crippen LogP contribution in [0.2, 0.25) is 5.02 Å². The van der Waals surface area contributed by atoms with Crippen LogP contribution in [0.15, 0.2) is 48.5 Å². The van der Waals surface area contributed by atoms with Crippen LogP contribution in [-0.4, -0.2) is 30.8 Å². The van der Waals surface area contributed by atoms with E-state index < -0.39 is 0 Å². The molecule has 0 saturated carbocycles. The maximum Gasteiger partial charge on any atom is 0.251 e. The molecular weight excluding hydrogens is 354 g/mol. The summed E-state index contributed by atoms with van der Waals surface area (Å²) in [5.74, 6) is -0.566. The van der Waals surface area contributed by atoms with Crippen LogP contribution in [0.4, 0.5) is 11.4 Å². The van der Waals surface area contributed by atoms with Crippen LogP contribution in [0.3, 0.4) is 0 Å². The molecule has 6 nitrogen and oxygen atoms in total. The van der Waals surface area contributed by atoms with Crippen molar-refractivity contribution < 1.29 is 14.4 Å². The van der Waals surface area contributed by atoms with Crippen molar-refractivity contribution in [3.8, 4) is 0 Å². The Labute approximate surface area is 156 Å². The fourth-order valence-electron chi connectivity index (χ4n) is 2.71. The Morgan fingerprint density at radius 2 is 1.73 bits per heavy atom. The number of anilines is 2. The van der Waals surface area contributed by atoms with E-state index in [-0.39, 0.29) is 24.3 Å². The fourth-order valence-corrected chi connectivity index (χ4v) is 2.84. The van der Waals surface area contributed by atoms with Gasteiger partial charge in [-0.15, -0.1) is 0 Å². The Kier molecular flexibility index (Phi) is 5.53. The van der Waals surface area contributed by atoms with E-state index in [0.717, 1.165) is 18.7 Å². The standard InChI is InChI=1S/C19H18ClN3O3/c20-14-5-3-13(4-6-14)19(26)21-12-17(24)22-15-7-9-16(10-8-15)23-11-1-2-18(23)25/h3-10H,1-2,11-12H2,(H,21,26)(H,22,24). The van der Waals surface area contributed by atoms with E-state index in [0.29, 0.717) is 22.7 Å². The Morgan fingerprint density at radius 3 is 2.35 bits per heavy atom. The van der Waals surface area contributed by atoms with Crippen LogP contribution in [0.25, 0.3) is 0 Å². The zero-order valence-corrected chi connectivity index (χ0v) is 14.8. The van der Waals surface area contributed by atoms with Gasteiger partial charge in [0.1, 0.15) is 0 Å². The number of hydrogen-bond donors (Lipinski definition) is 2. The average Bonchev–Trinajstić information content (AvgIpc) is 3.07. The van der Waals surface area contributed by atoms with Crippen LogP contribution in [0, 0.1) is 0 Å². The topological polar surface area (TPSA) is 78.5 Å². The second-order valence-corrected chi connectivity index (χ2v) is 6.37. The minimum Gasteiger partial charge on any atom is -0.343 e. The predicted octanol–water partition coefficient (Wildman–Crippen LogP) is 2.84.